The molecule has 1 fully saturated rings. The van der Waals surface area contributed by atoms with Gasteiger partial charge in [-0.05, 0) is 51.0 Å². The zero-order valence-electron chi connectivity index (χ0n) is 13.4. The van der Waals surface area contributed by atoms with Crippen molar-refractivity contribution in [3.05, 3.63) is 47.0 Å². The van der Waals surface area contributed by atoms with Gasteiger partial charge < -0.3 is 10.6 Å². The Morgan fingerprint density at radius 3 is 2.74 bits per heavy atom. The van der Waals surface area contributed by atoms with Crippen LogP contribution >= 0.6 is 0 Å². The highest BCUT2D eigenvalue weighted by molar-refractivity contribution is 5.94. The van der Waals surface area contributed by atoms with Crippen LogP contribution in [0.2, 0.25) is 0 Å². The monoisotopic (exact) mass is 316 g/mol. The van der Waals surface area contributed by atoms with Gasteiger partial charge in [0, 0.05) is 30.4 Å². The SMILES string of the molecule is Cc1cc(C)n(-c2ccc(C(=O)N3CCC[C@@H](N)C3)cc2F)n1. The molecule has 0 radical (unpaired) electrons. The summed E-state index contributed by atoms with van der Waals surface area (Å²) >= 11 is 0. The summed E-state index contributed by atoms with van der Waals surface area (Å²) < 4.78 is 16.0. The van der Waals surface area contributed by atoms with Crippen LogP contribution in [0.1, 0.15) is 34.6 Å². The van der Waals surface area contributed by atoms with E-state index in [4.69, 9.17) is 5.73 Å². The number of hydrogen-bond donors (Lipinski definition) is 1. The lowest BCUT2D eigenvalue weighted by Gasteiger charge is -2.30. The van der Waals surface area contributed by atoms with Crippen LogP contribution in [0.15, 0.2) is 24.3 Å². The molecule has 1 aromatic heterocycles. The second kappa shape index (κ2) is 6.12. The molecule has 2 heterocycles. The molecule has 1 atom stereocenters. The van der Waals surface area contributed by atoms with Gasteiger partial charge in [0.05, 0.1) is 5.69 Å². The zero-order chi connectivity index (χ0) is 16.6. The smallest absolute Gasteiger partial charge is 0.254 e. The van der Waals surface area contributed by atoms with E-state index < -0.39 is 5.82 Å². The molecule has 0 bridgehead atoms. The Morgan fingerprint density at radius 2 is 2.13 bits per heavy atom. The number of halogens is 1. The van der Waals surface area contributed by atoms with Crippen molar-refractivity contribution in [2.45, 2.75) is 32.7 Å². The van der Waals surface area contributed by atoms with E-state index in [1.165, 1.54) is 6.07 Å². The summed E-state index contributed by atoms with van der Waals surface area (Å²) in [7, 11) is 0. The van der Waals surface area contributed by atoms with Crippen molar-refractivity contribution >= 4 is 5.91 Å². The maximum absolute atomic E-state index is 14.5. The van der Waals surface area contributed by atoms with E-state index in [9.17, 15) is 9.18 Å². The van der Waals surface area contributed by atoms with Crippen molar-refractivity contribution in [1.82, 2.24) is 14.7 Å². The first kappa shape index (κ1) is 15.7. The Bertz CT molecular complexity index is 740. The molecule has 5 nitrogen and oxygen atoms in total. The fraction of sp³-hybridized carbons (Fsp3) is 0.412. The van der Waals surface area contributed by atoms with E-state index in [0.29, 0.717) is 24.3 Å². The minimum atomic E-state index is -0.455. The average Bonchev–Trinajstić information content (AvgIpc) is 2.85. The van der Waals surface area contributed by atoms with Crippen LogP contribution in [0.5, 0.6) is 0 Å². The van der Waals surface area contributed by atoms with Gasteiger partial charge in [-0.25, -0.2) is 9.07 Å². The summed E-state index contributed by atoms with van der Waals surface area (Å²) in [5.74, 6) is -0.623. The van der Waals surface area contributed by atoms with Crippen LogP contribution < -0.4 is 5.73 Å². The fourth-order valence-corrected chi connectivity index (χ4v) is 3.06. The van der Waals surface area contributed by atoms with Crippen LogP contribution in [0.4, 0.5) is 4.39 Å². The minimum absolute atomic E-state index is 0.00604. The summed E-state index contributed by atoms with van der Waals surface area (Å²) in [6, 6.07) is 6.43. The maximum atomic E-state index is 14.5. The first-order valence-corrected chi connectivity index (χ1v) is 7.84. The lowest BCUT2D eigenvalue weighted by molar-refractivity contribution is 0.0708. The van der Waals surface area contributed by atoms with Crippen LogP contribution in [-0.4, -0.2) is 39.7 Å². The molecule has 6 heteroatoms. The normalized spacial score (nSPS) is 18.3. The third kappa shape index (κ3) is 3.12. The summed E-state index contributed by atoms with van der Waals surface area (Å²) in [5.41, 5.74) is 8.28. The molecule has 0 aliphatic carbocycles. The molecule has 122 valence electrons. The molecule has 3 rings (SSSR count). The molecule has 1 aromatic carbocycles. The summed E-state index contributed by atoms with van der Waals surface area (Å²) in [4.78, 5) is 14.2. The van der Waals surface area contributed by atoms with E-state index >= 15 is 0 Å². The van der Waals surface area contributed by atoms with E-state index in [1.807, 2.05) is 19.9 Å². The third-order valence-electron chi connectivity index (χ3n) is 4.18. The number of nitrogens with zero attached hydrogens (tertiary/aromatic N) is 3. The van der Waals surface area contributed by atoms with Crippen molar-refractivity contribution in [2.75, 3.05) is 13.1 Å². The first-order valence-electron chi connectivity index (χ1n) is 7.84. The minimum Gasteiger partial charge on any atom is -0.337 e. The van der Waals surface area contributed by atoms with E-state index in [1.54, 1.807) is 21.7 Å². The second-order valence-electron chi connectivity index (χ2n) is 6.16. The van der Waals surface area contributed by atoms with Crippen molar-refractivity contribution in [1.29, 1.82) is 0 Å². The molecule has 1 aliphatic heterocycles. The quantitative estimate of drug-likeness (QED) is 0.924. The molecule has 0 saturated carbocycles. The predicted molar refractivity (Wildman–Crippen MR) is 86.1 cm³/mol. The van der Waals surface area contributed by atoms with E-state index in [0.717, 1.165) is 24.2 Å². The highest BCUT2D eigenvalue weighted by atomic mass is 19.1. The van der Waals surface area contributed by atoms with E-state index in [2.05, 4.69) is 5.10 Å². The predicted octanol–water partition coefficient (Wildman–Crippen LogP) is 2.19. The van der Waals surface area contributed by atoms with Gasteiger partial charge in [-0.15, -0.1) is 0 Å². The van der Waals surface area contributed by atoms with Crippen molar-refractivity contribution in [3.8, 4) is 5.69 Å². The van der Waals surface area contributed by atoms with Crippen LogP contribution in [0.3, 0.4) is 0 Å². The van der Waals surface area contributed by atoms with Gasteiger partial charge in [0.25, 0.3) is 5.91 Å². The average molecular weight is 316 g/mol. The molecule has 0 unspecified atom stereocenters. The van der Waals surface area contributed by atoms with Gasteiger partial charge >= 0.3 is 0 Å². The molecule has 1 aliphatic rings. The zero-order valence-corrected chi connectivity index (χ0v) is 13.4. The molecule has 1 amide bonds. The Hall–Kier alpha value is -2.21. The topological polar surface area (TPSA) is 64.2 Å². The molecule has 1 saturated heterocycles. The number of rotatable bonds is 2. The van der Waals surface area contributed by atoms with Gasteiger partial charge in [0.2, 0.25) is 0 Å². The first-order chi connectivity index (χ1) is 11.0. The van der Waals surface area contributed by atoms with Crippen molar-refractivity contribution < 1.29 is 9.18 Å². The number of piperidine rings is 1. The van der Waals surface area contributed by atoms with Crippen molar-refractivity contribution in [2.24, 2.45) is 5.73 Å². The number of amides is 1. The van der Waals surface area contributed by atoms with Gasteiger partial charge in [-0.1, -0.05) is 0 Å². The molecule has 23 heavy (non-hydrogen) atoms. The largest absolute Gasteiger partial charge is 0.337 e. The van der Waals surface area contributed by atoms with Crippen molar-refractivity contribution in [3.63, 3.8) is 0 Å². The molecule has 2 N–H and O–H groups in total. The number of carbonyl (C=O) groups excluding carboxylic acids is 1. The molecular formula is C17H21FN4O. The van der Waals surface area contributed by atoms with E-state index in [-0.39, 0.29) is 11.9 Å². The number of nitrogens with two attached hydrogens (primary N) is 1. The van der Waals surface area contributed by atoms with Gasteiger partial charge in [-0.3, -0.25) is 4.79 Å². The van der Waals surface area contributed by atoms with Gasteiger partial charge in [0.1, 0.15) is 11.5 Å². The number of aromatic nitrogens is 2. The number of carbonyl (C=O) groups is 1. The van der Waals surface area contributed by atoms with Crippen LogP contribution in [0.25, 0.3) is 5.69 Å². The molecule has 0 spiro atoms. The molecule has 2 aromatic rings. The van der Waals surface area contributed by atoms with Crippen LogP contribution in [-0.2, 0) is 0 Å². The Balaban J connectivity index is 1.87. The number of hydrogen-bond acceptors (Lipinski definition) is 3. The van der Waals surface area contributed by atoms with Gasteiger partial charge in [0.15, 0.2) is 0 Å². The lowest BCUT2D eigenvalue weighted by atomic mass is 10.1. The van der Waals surface area contributed by atoms with Gasteiger partial charge in [-0.2, -0.15) is 5.10 Å². The third-order valence-corrected chi connectivity index (χ3v) is 4.18. The summed E-state index contributed by atoms with van der Waals surface area (Å²) in [5, 5.41) is 4.28. The summed E-state index contributed by atoms with van der Waals surface area (Å²) in [6.45, 7) is 4.93. The standard InChI is InChI=1S/C17H21FN4O/c1-11-8-12(2)22(20-11)16-6-5-13(9-15(16)18)17(23)21-7-3-4-14(19)10-21/h5-6,8-9,14H,3-4,7,10,19H2,1-2H3/t14-/m1/s1. The number of benzene rings is 1. The van der Waals surface area contributed by atoms with Crippen LogP contribution in [0, 0.1) is 19.7 Å². The number of likely N-dealkylation sites (tertiary alicyclic amines) is 1. The fourth-order valence-electron chi connectivity index (χ4n) is 3.06. The highest BCUT2D eigenvalue weighted by Gasteiger charge is 2.23. The molecular weight excluding hydrogens is 295 g/mol. The highest BCUT2D eigenvalue weighted by Crippen LogP contribution is 2.19. The number of aryl methyl sites for hydroxylation is 2. The Labute approximate surface area is 134 Å². The maximum Gasteiger partial charge on any atom is 0.254 e. The second-order valence-corrected chi connectivity index (χ2v) is 6.16. The Morgan fingerprint density at radius 1 is 1.35 bits per heavy atom. The Kier molecular flexibility index (Phi) is 4.17. The lowest BCUT2D eigenvalue weighted by Crippen LogP contribution is -2.45. The summed E-state index contributed by atoms with van der Waals surface area (Å²) in [6.07, 6.45) is 1.81.